The van der Waals surface area contributed by atoms with Crippen molar-refractivity contribution in [3.63, 3.8) is 0 Å². The van der Waals surface area contributed by atoms with Crippen LogP contribution in [-0.4, -0.2) is 22.3 Å². The second-order valence-corrected chi connectivity index (χ2v) is 8.49. The third-order valence-electron chi connectivity index (χ3n) is 5.92. The van der Waals surface area contributed by atoms with Crippen molar-refractivity contribution in [2.24, 2.45) is 11.8 Å². The third kappa shape index (κ3) is 2.36. The summed E-state index contributed by atoms with van der Waals surface area (Å²) in [5.41, 5.74) is 13.2. The van der Waals surface area contributed by atoms with Gasteiger partial charge in [0.05, 0.1) is 15.8 Å². The van der Waals surface area contributed by atoms with Gasteiger partial charge in [-0.25, -0.2) is 15.8 Å². The van der Waals surface area contributed by atoms with Crippen LogP contribution in [0.5, 0.6) is 0 Å². The summed E-state index contributed by atoms with van der Waals surface area (Å²) in [5, 5.41) is 2.88. The minimum Gasteiger partial charge on any atom is -0.267 e. The predicted octanol–water partition coefficient (Wildman–Crippen LogP) is 3.21. The van der Waals surface area contributed by atoms with Gasteiger partial charge in [0.15, 0.2) is 0 Å². The number of hydrazine groups is 3. The summed E-state index contributed by atoms with van der Waals surface area (Å²) in [6.45, 7) is 3.14. The summed E-state index contributed by atoms with van der Waals surface area (Å²) >= 11 is 1.70. The molecule has 23 heavy (non-hydrogen) atoms. The van der Waals surface area contributed by atoms with Crippen molar-refractivity contribution in [1.82, 2.24) is 21.1 Å². The van der Waals surface area contributed by atoms with E-state index in [0.29, 0.717) is 0 Å². The summed E-state index contributed by atoms with van der Waals surface area (Å²) in [4.78, 5) is 4.68. The number of thiazole rings is 1. The Hall–Kier alpha value is -1.21. The molecule has 2 aromatic rings. The Kier molecular flexibility index (Phi) is 3.17. The Balaban J connectivity index is 1.33. The molecule has 6 rings (SSSR count). The van der Waals surface area contributed by atoms with Gasteiger partial charge in [-0.05, 0) is 55.7 Å². The monoisotopic (exact) mass is 329 g/mol. The molecule has 3 saturated carbocycles. The Labute approximate surface area is 140 Å². The van der Waals surface area contributed by atoms with E-state index >= 15 is 0 Å². The van der Waals surface area contributed by atoms with Gasteiger partial charge in [0.1, 0.15) is 0 Å². The van der Waals surface area contributed by atoms with Gasteiger partial charge in [0, 0.05) is 6.54 Å². The zero-order valence-electron chi connectivity index (χ0n) is 13.4. The molecule has 3 N–H and O–H groups in total. The lowest BCUT2D eigenvalue weighted by molar-refractivity contribution is 0.0372. The molecule has 0 radical (unpaired) electrons. The average molecular weight is 329 g/mol. The molecule has 1 spiro atoms. The van der Waals surface area contributed by atoms with E-state index in [0.717, 1.165) is 29.0 Å². The highest BCUT2D eigenvalue weighted by Crippen LogP contribution is 2.48. The van der Waals surface area contributed by atoms with Crippen molar-refractivity contribution in [2.75, 3.05) is 12.0 Å². The molecule has 1 atom stereocenters. The predicted molar refractivity (Wildman–Crippen MR) is 93.8 cm³/mol. The molecule has 1 aromatic carbocycles. The number of aromatic nitrogens is 1. The van der Waals surface area contributed by atoms with Crippen LogP contribution < -0.4 is 16.3 Å². The van der Waals surface area contributed by atoms with Crippen LogP contribution in [0, 0.1) is 18.8 Å². The molecule has 1 saturated heterocycles. The smallest absolute Gasteiger partial charge is 0.200 e. The first kappa shape index (κ1) is 14.2. The number of nitrogens with zero attached hydrogens (tertiary/aromatic N) is 2. The van der Waals surface area contributed by atoms with E-state index in [-0.39, 0.29) is 5.54 Å². The molecule has 1 aromatic heterocycles. The topological polar surface area (TPSA) is 52.2 Å². The zero-order valence-corrected chi connectivity index (χ0v) is 14.2. The standard InChI is InChI=1S/C17H23N5S/c1-11-2-7-14-15(8-11)23-16(19-14)20-22-18-10-17(21-22)9-12-3-5-13(17)6-4-12/h2,7-8,12-13,18,21H,3-6,9-10H2,1H3,(H,19,20). The number of hydrogen-bond donors (Lipinski definition) is 3. The van der Waals surface area contributed by atoms with Gasteiger partial charge in [-0.2, -0.15) is 0 Å². The molecular formula is C17H23N5S. The molecule has 1 unspecified atom stereocenters. The lowest BCUT2D eigenvalue weighted by atomic mass is 9.61. The molecule has 122 valence electrons. The average Bonchev–Trinajstić information content (AvgIpc) is 3.12. The maximum atomic E-state index is 4.68. The Morgan fingerprint density at radius 2 is 2.17 bits per heavy atom. The van der Waals surface area contributed by atoms with Crippen molar-refractivity contribution >= 4 is 26.7 Å². The fourth-order valence-corrected chi connectivity index (χ4v) is 5.67. The van der Waals surface area contributed by atoms with Gasteiger partial charge in [0.25, 0.3) is 0 Å². The van der Waals surface area contributed by atoms with Gasteiger partial charge < -0.3 is 0 Å². The lowest BCUT2D eigenvalue weighted by Gasteiger charge is -2.49. The molecule has 5 nitrogen and oxygen atoms in total. The number of hydrogen-bond acceptors (Lipinski definition) is 6. The van der Waals surface area contributed by atoms with Crippen molar-refractivity contribution < 1.29 is 0 Å². The quantitative estimate of drug-likeness (QED) is 0.790. The zero-order chi connectivity index (χ0) is 15.4. The van der Waals surface area contributed by atoms with Crippen LogP contribution in [0.3, 0.4) is 0 Å². The van der Waals surface area contributed by atoms with Gasteiger partial charge in [-0.3, -0.25) is 5.43 Å². The highest BCUT2D eigenvalue weighted by Gasteiger charge is 2.51. The fourth-order valence-electron chi connectivity index (χ4n) is 4.72. The number of anilines is 1. The van der Waals surface area contributed by atoms with E-state index in [4.69, 9.17) is 0 Å². The maximum absolute atomic E-state index is 4.68. The highest BCUT2D eigenvalue weighted by atomic mass is 32.1. The van der Waals surface area contributed by atoms with Gasteiger partial charge in [-0.15, -0.1) is 0 Å². The molecule has 3 aliphatic carbocycles. The van der Waals surface area contributed by atoms with Crippen LogP contribution in [0.1, 0.15) is 37.7 Å². The van der Waals surface area contributed by atoms with E-state index in [1.165, 1.54) is 42.4 Å². The first-order chi connectivity index (χ1) is 11.2. The van der Waals surface area contributed by atoms with Crippen LogP contribution in [-0.2, 0) is 0 Å². The first-order valence-electron chi connectivity index (χ1n) is 8.65. The van der Waals surface area contributed by atoms with Crippen LogP contribution in [0.15, 0.2) is 18.2 Å². The number of benzene rings is 1. The molecule has 2 heterocycles. The Morgan fingerprint density at radius 1 is 1.30 bits per heavy atom. The van der Waals surface area contributed by atoms with E-state index < -0.39 is 0 Å². The van der Waals surface area contributed by atoms with Gasteiger partial charge in [-0.1, -0.05) is 35.5 Å². The largest absolute Gasteiger partial charge is 0.267 e. The molecule has 6 heteroatoms. The molecule has 0 amide bonds. The van der Waals surface area contributed by atoms with Crippen LogP contribution in [0.2, 0.25) is 0 Å². The van der Waals surface area contributed by atoms with Crippen molar-refractivity contribution in [3.05, 3.63) is 23.8 Å². The summed E-state index contributed by atoms with van der Waals surface area (Å²) in [6, 6.07) is 6.41. The van der Waals surface area contributed by atoms with Crippen LogP contribution in [0.25, 0.3) is 10.2 Å². The van der Waals surface area contributed by atoms with E-state index in [1.54, 1.807) is 11.3 Å². The summed E-state index contributed by atoms with van der Waals surface area (Å²) in [5.74, 6) is 1.73. The first-order valence-corrected chi connectivity index (χ1v) is 9.47. The number of rotatable bonds is 2. The molecule has 2 bridgehead atoms. The summed E-state index contributed by atoms with van der Waals surface area (Å²) in [7, 11) is 0. The van der Waals surface area contributed by atoms with Crippen molar-refractivity contribution in [3.8, 4) is 0 Å². The van der Waals surface area contributed by atoms with Crippen LogP contribution >= 0.6 is 11.3 Å². The van der Waals surface area contributed by atoms with Gasteiger partial charge in [0.2, 0.25) is 5.13 Å². The minimum absolute atomic E-state index is 0.251. The van der Waals surface area contributed by atoms with E-state index in [9.17, 15) is 0 Å². The molecule has 4 aliphatic rings. The number of nitrogens with one attached hydrogen (secondary N) is 3. The normalized spacial score (nSPS) is 33.8. The van der Waals surface area contributed by atoms with Gasteiger partial charge >= 0.3 is 0 Å². The number of aryl methyl sites for hydroxylation is 1. The van der Waals surface area contributed by atoms with E-state index in [1.807, 2.05) is 5.23 Å². The fraction of sp³-hybridized carbons (Fsp3) is 0.588. The Morgan fingerprint density at radius 3 is 2.96 bits per heavy atom. The second-order valence-electron chi connectivity index (χ2n) is 7.46. The minimum atomic E-state index is 0.251. The van der Waals surface area contributed by atoms with Crippen molar-refractivity contribution in [1.29, 1.82) is 0 Å². The van der Waals surface area contributed by atoms with E-state index in [2.05, 4.69) is 46.4 Å². The molecule has 4 fully saturated rings. The van der Waals surface area contributed by atoms with Crippen LogP contribution in [0.4, 0.5) is 5.13 Å². The second kappa shape index (κ2) is 5.14. The maximum Gasteiger partial charge on any atom is 0.200 e. The molecule has 1 aliphatic heterocycles. The third-order valence-corrected chi connectivity index (χ3v) is 6.84. The molecular weight excluding hydrogens is 306 g/mol. The lowest BCUT2D eigenvalue weighted by Crippen LogP contribution is -2.58. The van der Waals surface area contributed by atoms with Crippen molar-refractivity contribution in [2.45, 2.75) is 44.6 Å². The SMILES string of the molecule is Cc1ccc2nc(NN3NCC4(CC5CCC4CC5)N3)sc2c1. The summed E-state index contributed by atoms with van der Waals surface area (Å²) in [6.07, 6.45) is 6.93. The summed E-state index contributed by atoms with van der Waals surface area (Å²) < 4.78 is 1.23. The number of fused-ring (bicyclic) bond motifs is 3. The Bertz CT molecular complexity index is 736. The highest BCUT2D eigenvalue weighted by molar-refractivity contribution is 7.22.